The highest BCUT2D eigenvalue weighted by atomic mass is 32.2. The van der Waals surface area contributed by atoms with Gasteiger partial charge >= 0.3 is 0 Å². The molecule has 4 heteroatoms. The van der Waals surface area contributed by atoms with Crippen molar-refractivity contribution in [1.82, 2.24) is 0 Å². The Labute approximate surface area is 93.1 Å². The van der Waals surface area contributed by atoms with Gasteiger partial charge in [0.2, 0.25) is 0 Å². The van der Waals surface area contributed by atoms with E-state index in [0.29, 0.717) is 22.6 Å². The quantitative estimate of drug-likeness (QED) is 0.602. The first-order valence-electron chi connectivity index (χ1n) is 4.86. The molecule has 0 aliphatic rings. The molecule has 0 aliphatic heterocycles. The van der Waals surface area contributed by atoms with Crippen LogP contribution < -0.4 is 0 Å². The lowest BCUT2D eigenvalue weighted by molar-refractivity contribution is 0.198. The molecule has 0 fully saturated rings. The van der Waals surface area contributed by atoms with E-state index in [4.69, 9.17) is 5.11 Å². The molecule has 0 bridgehead atoms. The van der Waals surface area contributed by atoms with Crippen LogP contribution in [-0.4, -0.2) is 22.6 Å². The van der Waals surface area contributed by atoms with E-state index in [1.807, 2.05) is 0 Å². The van der Waals surface area contributed by atoms with Crippen LogP contribution in [0, 0.1) is 5.82 Å². The molecule has 0 saturated carbocycles. The van der Waals surface area contributed by atoms with Crippen molar-refractivity contribution in [2.45, 2.75) is 24.3 Å². The summed E-state index contributed by atoms with van der Waals surface area (Å²) < 4.78 is 13.4. The second kappa shape index (κ2) is 6.10. The smallest absolute Gasteiger partial charge is 0.137 e. The van der Waals surface area contributed by atoms with Gasteiger partial charge in [-0.3, -0.25) is 0 Å². The van der Waals surface area contributed by atoms with Crippen molar-refractivity contribution in [1.29, 1.82) is 0 Å². The van der Waals surface area contributed by atoms with E-state index in [0.717, 1.165) is 0 Å². The Morgan fingerprint density at radius 1 is 1.47 bits per heavy atom. The average Bonchev–Trinajstić information content (AvgIpc) is 2.20. The Hall–Kier alpha value is -0.580. The number of hydrogen-bond acceptors (Lipinski definition) is 3. The summed E-state index contributed by atoms with van der Waals surface area (Å²) in [7, 11) is 0. The maximum Gasteiger partial charge on any atom is 0.137 e. The maximum atomic E-state index is 13.4. The highest BCUT2D eigenvalue weighted by Crippen LogP contribution is 2.25. The van der Waals surface area contributed by atoms with Crippen molar-refractivity contribution in [3.05, 3.63) is 29.6 Å². The van der Waals surface area contributed by atoms with Gasteiger partial charge in [0.25, 0.3) is 0 Å². The van der Waals surface area contributed by atoms with Gasteiger partial charge in [-0.1, -0.05) is 6.07 Å². The van der Waals surface area contributed by atoms with Crippen molar-refractivity contribution < 1.29 is 14.6 Å². The summed E-state index contributed by atoms with van der Waals surface area (Å²) in [6.07, 6.45) is 0.0124. The zero-order valence-corrected chi connectivity index (χ0v) is 9.43. The first-order valence-corrected chi connectivity index (χ1v) is 5.85. The number of hydrogen-bond donors (Lipinski definition) is 2. The number of aliphatic hydroxyl groups is 2. The van der Waals surface area contributed by atoms with Crippen molar-refractivity contribution in [3.8, 4) is 0 Å². The normalized spacial score (nSPS) is 12.8. The topological polar surface area (TPSA) is 40.5 Å². The highest BCUT2D eigenvalue weighted by molar-refractivity contribution is 7.99. The predicted molar refractivity (Wildman–Crippen MR) is 59.5 cm³/mol. The Balaban J connectivity index is 2.66. The third kappa shape index (κ3) is 3.81. The van der Waals surface area contributed by atoms with Crippen molar-refractivity contribution in [3.63, 3.8) is 0 Å². The minimum absolute atomic E-state index is 0.125. The Morgan fingerprint density at radius 3 is 2.73 bits per heavy atom. The minimum atomic E-state index is -0.643. The zero-order valence-electron chi connectivity index (χ0n) is 8.61. The Bertz CT molecular complexity index is 315. The largest absolute Gasteiger partial charge is 0.396 e. The summed E-state index contributed by atoms with van der Waals surface area (Å²) in [4.78, 5) is 0.563. The van der Waals surface area contributed by atoms with Crippen molar-refractivity contribution in [2.24, 2.45) is 0 Å². The number of benzene rings is 1. The summed E-state index contributed by atoms with van der Waals surface area (Å²) >= 11 is 1.38. The fourth-order valence-corrected chi connectivity index (χ4v) is 2.00. The summed E-state index contributed by atoms with van der Waals surface area (Å²) in [5.41, 5.74) is 0.582. The van der Waals surface area contributed by atoms with E-state index in [1.54, 1.807) is 19.1 Å². The van der Waals surface area contributed by atoms with E-state index in [9.17, 15) is 9.50 Å². The van der Waals surface area contributed by atoms with Crippen molar-refractivity contribution >= 4 is 11.8 Å². The molecule has 0 aromatic heterocycles. The first-order chi connectivity index (χ1) is 7.15. The van der Waals surface area contributed by atoms with Crippen LogP contribution in [0.1, 0.15) is 25.0 Å². The molecule has 15 heavy (non-hydrogen) atoms. The second-order valence-electron chi connectivity index (χ2n) is 3.29. The van der Waals surface area contributed by atoms with Crippen LogP contribution in [0.15, 0.2) is 23.1 Å². The van der Waals surface area contributed by atoms with Crippen LogP contribution in [0.2, 0.25) is 0 Å². The summed E-state index contributed by atoms with van der Waals surface area (Å²) in [6, 6.07) is 4.74. The van der Waals surface area contributed by atoms with E-state index in [1.165, 1.54) is 17.8 Å². The van der Waals surface area contributed by atoms with Gasteiger partial charge in [0, 0.05) is 17.3 Å². The van der Waals surface area contributed by atoms with E-state index in [2.05, 4.69) is 0 Å². The molecule has 0 radical (unpaired) electrons. The van der Waals surface area contributed by atoms with Gasteiger partial charge in [-0.2, -0.15) is 0 Å². The molecular formula is C11H15FO2S. The number of aliphatic hydroxyl groups excluding tert-OH is 2. The average molecular weight is 230 g/mol. The van der Waals surface area contributed by atoms with E-state index >= 15 is 0 Å². The molecule has 2 nitrogen and oxygen atoms in total. The molecule has 0 amide bonds. The van der Waals surface area contributed by atoms with Gasteiger partial charge < -0.3 is 10.2 Å². The van der Waals surface area contributed by atoms with Gasteiger partial charge in [-0.05, 0) is 31.0 Å². The standard InChI is InChI=1S/C11H15FO2S/c1-8(14)9-3-4-11(10(12)7-9)15-6-2-5-13/h3-4,7-8,13-14H,2,5-6H2,1H3/t8-/m1/s1. The molecule has 0 aliphatic carbocycles. The van der Waals surface area contributed by atoms with Gasteiger partial charge in [-0.25, -0.2) is 4.39 Å². The summed E-state index contributed by atoms with van der Waals surface area (Å²) in [6.45, 7) is 1.73. The van der Waals surface area contributed by atoms with Crippen LogP contribution >= 0.6 is 11.8 Å². The minimum Gasteiger partial charge on any atom is -0.396 e. The monoisotopic (exact) mass is 230 g/mol. The lowest BCUT2D eigenvalue weighted by Gasteiger charge is -2.07. The third-order valence-corrected chi connectivity index (χ3v) is 3.13. The molecule has 2 N–H and O–H groups in total. The zero-order chi connectivity index (χ0) is 11.3. The first kappa shape index (κ1) is 12.5. The Kier molecular flexibility index (Phi) is 5.08. The molecule has 1 atom stereocenters. The number of thioether (sulfide) groups is 1. The molecule has 84 valence electrons. The molecule has 0 unspecified atom stereocenters. The van der Waals surface area contributed by atoms with Crippen molar-refractivity contribution in [2.75, 3.05) is 12.4 Å². The molecule has 1 aromatic rings. The van der Waals surface area contributed by atoms with Crippen LogP contribution in [0.25, 0.3) is 0 Å². The van der Waals surface area contributed by atoms with Gasteiger partial charge in [0.05, 0.1) is 6.10 Å². The lowest BCUT2D eigenvalue weighted by atomic mass is 10.1. The number of halogens is 1. The van der Waals surface area contributed by atoms with Crippen LogP contribution in [0.4, 0.5) is 4.39 Å². The summed E-state index contributed by atoms with van der Waals surface area (Å²) in [5.74, 6) is 0.387. The van der Waals surface area contributed by atoms with Gasteiger partial charge in [0.15, 0.2) is 0 Å². The summed E-state index contributed by atoms with van der Waals surface area (Å²) in [5, 5.41) is 17.8. The molecule has 1 aromatic carbocycles. The maximum absolute atomic E-state index is 13.4. The fraction of sp³-hybridized carbons (Fsp3) is 0.455. The van der Waals surface area contributed by atoms with E-state index in [-0.39, 0.29) is 12.4 Å². The van der Waals surface area contributed by atoms with Gasteiger partial charge in [0.1, 0.15) is 5.82 Å². The molecule has 1 rings (SSSR count). The molecule has 0 spiro atoms. The van der Waals surface area contributed by atoms with Crippen LogP contribution in [0.5, 0.6) is 0 Å². The fourth-order valence-electron chi connectivity index (χ4n) is 1.14. The molecular weight excluding hydrogens is 215 g/mol. The third-order valence-electron chi connectivity index (χ3n) is 2.00. The van der Waals surface area contributed by atoms with Crippen LogP contribution in [0.3, 0.4) is 0 Å². The van der Waals surface area contributed by atoms with Crippen LogP contribution in [-0.2, 0) is 0 Å². The SMILES string of the molecule is C[C@@H](O)c1ccc(SCCCO)c(F)c1. The second-order valence-corrected chi connectivity index (χ2v) is 4.43. The number of rotatable bonds is 5. The lowest BCUT2D eigenvalue weighted by Crippen LogP contribution is -1.94. The molecule has 0 heterocycles. The Morgan fingerprint density at radius 2 is 2.20 bits per heavy atom. The predicted octanol–water partition coefficient (Wildman–Crippen LogP) is 2.35. The van der Waals surface area contributed by atoms with E-state index < -0.39 is 6.10 Å². The highest BCUT2D eigenvalue weighted by Gasteiger charge is 2.06. The van der Waals surface area contributed by atoms with Gasteiger partial charge in [-0.15, -0.1) is 11.8 Å². The molecule has 0 saturated heterocycles.